The lowest BCUT2D eigenvalue weighted by Gasteiger charge is -2.28. The van der Waals surface area contributed by atoms with Gasteiger partial charge >= 0.3 is 11.9 Å². The minimum atomic E-state index is -0.974. The first-order valence-corrected chi connectivity index (χ1v) is 5.68. The standard InChI is InChI=1S/C11H21NO4/c1-3-5-9(6-4-2)12(7-10(13)14)8-11(15)16/h9H,3-8H2,1-2H3,(H,13,14)(H,15,16). The van der Waals surface area contributed by atoms with Crippen molar-refractivity contribution in [3.05, 3.63) is 0 Å². The van der Waals surface area contributed by atoms with Gasteiger partial charge in [-0.2, -0.15) is 0 Å². The third kappa shape index (κ3) is 6.40. The molecule has 0 aliphatic rings. The number of carbonyl (C=O) groups is 2. The number of rotatable bonds is 9. The Balaban J connectivity index is 4.50. The van der Waals surface area contributed by atoms with E-state index in [-0.39, 0.29) is 19.1 Å². The first-order valence-electron chi connectivity index (χ1n) is 5.68. The fraction of sp³-hybridized carbons (Fsp3) is 0.818. The van der Waals surface area contributed by atoms with Crippen molar-refractivity contribution < 1.29 is 19.8 Å². The number of nitrogens with zero attached hydrogens (tertiary/aromatic N) is 1. The molecule has 0 spiro atoms. The Morgan fingerprint density at radius 1 is 1.00 bits per heavy atom. The third-order valence-corrected chi connectivity index (χ3v) is 2.44. The van der Waals surface area contributed by atoms with Crippen molar-refractivity contribution in [2.75, 3.05) is 13.1 Å². The van der Waals surface area contributed by atoms with Crippen LogP contribution in [0.2, 0.25) is 0 Å². The molecule has 0 fully saturated rings. The molecule has 5 nitrogen and oxygen atoms in total. The predicted molar refractivity (Wildman–Crippen MR) is 60.4 cm³/mol. The Hall–Kier alpha value is -1.10. The Labute approximate surface area is 96.1 Å². The lowest BCUT2D eigenvalue weighted by Crippen LogP contribution is -2.42. The second kappa shape index (κ2) is 8.10. The van der Waals surface area contributed by atoms with Crippen LogP contribution < -0.4 is 0 Å². The summed E-state index contributed by atoms with van der Waals surface area (Å²) < 4.78 is 0. The molecule has 0 rings (SSSR count). The summed E-state index contributed by atoms with van der Waals surface area (Å²) in [5, 5.41) is 17.5. The van der Waals surface area contributed by atoms with Gasteiger partial charge in [0.25, 0.3) is 0 Å². The normalized spacial score (nSPS) is 11.0. The minimum absolute atomic E-state index is 0.0576. The average Bonchev–Trinajstić information content (AvgIpc) is 2.15. The molecule has 0 aromatic heterocycles. The summed E-state index contributed by atoms with van der Waals surface area (Å²) in [7, 11) is 0. The van der Waals surface area contributed by atoms with Gasteiger partial charge in [0.05, 0.1) is 13.1 Å². The molecule has 0 aliphatic heterocycles. The van der Waals surface area contributed by atoms with E-state index in [1.807, 2.05) is 13.8 Å². The van der Waals surface area contributed by atoms with E-state index in [2.05, 4.69) is 0 Å². The molecule has 0 atom stereocenters. The Morgan fingerprint density at radius 2 is 1.38 bits per heavy atom. The number of hydrogen-bond acceptors (Lipinski definition) is 3. The molecule has 16 heavy (non-hydrogen) atoms. The molecule has 0 bridgehead atoms. The van der Waals surface area contributed by atoms with Crippen LogP contribution in [0.1, 0.15) is 39.5 Å². The summed E-state index contributed by atoms with van der Waals surface area (Å²) in [6.45, 7) is 3.64. The molecule has 0 amide bonds. The van der Waals surface area contributed by atoms with E-state index in [0.29, 0.717) is 0 Å². The SMILES string of the molecule is CCCC(CCC)N(CC(=O)O)CC(=O)O. The van der Waals surface area contributed by atoms with Gasteiger partial charge in [-0.3, -0.25) is 14.5 Å². The maximum atomic E-state index is 10.7. The molecule has 5 heteroatoms. The quantitative estimate of drug-likeness (QED) is 0.627. The minimum Gasteiger partial charge on any atom is -0.480 e. The van der Waals surface area contributed by atoms with Gasteiger partial charge in [-0.1, -0.05) is 26.7 Å². The molecule has 0 heterocycles. The molecule has 0 saturated carbocycles. The first kappa shape index (κ1) is 14.9. The van der Waals surface area contributed by atoms with Crippen LogP contribution in [-0.4, -0.2) is 46.2 Å². The van der Waals surface area contributed by atoms with Crippen LogP contribution in [0, 0.1) is 0 Å². The van der Waals surface area contributed by atoms with Gasteiger partial charge in [0.1, 0.15) is 0 Å². The van der Waals surface area contributed by atoms with E-state index in [4.69, 9.17) is 10.2 Å². The van der Waals surface area contributed by atoms with Gasteiger partial charge < -0.3 is 10.2 Å². The Bertz CT molecular complexity index is 208. The molecular formula is C11H21NO4. The van der Waals surface area contributed by atoms with Crippen LogP contribution in [0.3, 0.4) is 0 Å². The van der Waals surface area contributed by atoms with Gasteiger partial charge in [0, 0.05) is 6.04 Å². The second-order valence-corrected chi connectivity index (χ2v) is 3.92. The van der Waals surface area contributed by atoms with E-state index in [1.54, 1.807) is 0 Å². The fourth-order valence-corrected chi connectivity index (χ4v) is 1.84. The van der Waals surface area contributed by atoms with Crippen LogP contribution in [0.25, 0.3) is 0 Å². The zero-order chi connectivity index (χ0) is 12.6. The number of hydrogen-bond donors (Lipinski definition) is 2. The van der Waals surface area contributed by atoms with Gasteiger partial charge in [0.2, 0.25) is 0 Å². The van der Waals surface area contributed by atoms with Gasteiger partial charge in [-0.15, -0.1) is 0 Å². The van der Waals surface area contributed by atoms with Crippen molar-refractivity contribution in [3.63, 3.8) is 0 Å². The molecular weight excluding hydrogens is 210 g/mol. The lowest BCUT2D eigenvalue weighted by atomic mass is 10.0. The first-order chi connectivity index (χ1) is 7.51. The topological polar surface area (TPSA) is 77.8 Å². The fourth-order valence-electron chi connectivity index (χ4n) is 1.84. The third-order valence-electron chi connectivity index (χ3n) is 2.44. The molecule has 0 aromatic carbocycles. The highest BCUT2D eigenvalue weighted by Gasteiger charge is 2.21. The van der Waals surface area contributed by atoms with Crippen LogP contribution in [0.5, 0.6) is 0 Å². The zero-order valence-electron chi connectivity index (χ0n) is 9.98. The molecule has 0 aliphatic carbocycles. The highest BCUT2D eigenvalue weighted by molar-refractivity contribution is 5.72. The van der Waals surface area contributed by atoms with Crippen molar-refractivity contribution in [1.82, 2.24) is 4.90 Å². The summed E-state index contributed by atoms with van der Waals surface area (Å²) in [6, 6.07) is 0.0576. The highest BCUT2D eigenvalue weighted by Crippen LogP contribution is 2.12. The van der Waals surface area contributed by atoms with Crippen LogP contribution in [-0.2, 0) is 9.59 Å². The van der Waals surface area contributed by atoms with Crippen molar-refractivity contribution in [2.24, 2.45) is 0 Å². The van der Waals surface area contributed by atoms with Gasteiger partial charge in [0.15, 0.2) is 0 Å². The molecule has 94 valence electrons. The maximum Gasteiger partial charge on any atom is 0.317 e. The van der Waals surface area contributed by atoms with Crippen LogP contribution in [0.15, 0.2) is 0 Å². The molecule has 0 unspecified atom stereocenters. The van der Waals surface area contributed by atoms with Crippen molar-refractivity contribution in [3.8, 4) is 0 Å². The van der Waals surface area contributed by atoms with Crippen molar-refractivity contribution in [2.45, 2.75) is 45.6 Å². The Kier molecular flexibility index (Phi) is 7.54. The maximum absolute atomic E-state index is 10.7. The van der Waals surface area contributed by atoms with E-state index in [1.165, 1.54) is 4.90 Å². The van der Waals surface area contributed by atoms with Gasteiger partial charge in [-0.25, -0.2) is 0 Å². The number of carboxylic acids is 2. The lowest BCUT2D eigenvalue weighted by molar-refractivity contribution is -0.143. The predicted octanol–water partition coefficient (Wildman–Crippen LogP) is 1.43. The summed E-state index contributed by atoms with van der Waals surface area (Å²) in [6.07, 6.45) is 3.55. The van der Waals surface area contributed by atoms with Crippen molar-refractivity contribution in [1.29, 1.82) is 0 Å². The largest absolute Gasteiger partial charge is 0.480 e. The zero-order valence-corrected chi connectivity index (χ0v) is 9.98. The van der Waals surface area contributed by atoms with E-state index >= 15 is 0 Å². The number of aliphatic carboxylic acids is 2. The molecule has 2 N–H and O–H groups in total. The smallest absolute Gasteiger partial charge is 0.317 e. The highest BCUT2D eigenvalue weighted by atomic mass is 16.4. The van der Waals surface area contributed by atoms with Crippen LogP contribution >= 0.6 is 0 Å². The van der Waals surface area contributed by atoms with E-state index in [0.717, 1.165) is 25.7 Å². The summed E-state index contributed by atoms with van der Waals surface area (Å²) >= 11 is 0. The Morgan fingerprint density at radius 3 is 1.62 bits per heavy atom. The second-order valence-electron chi connectivity index (χ2n) is 3.92. The van der Waals surface area contributed by atoms with Crippen LogP contribution in [0.4, 0.5) is 0 Å². The monoisotopic (exact) mass is 231 g/mol. The van der Waals surface area contributed by atoms with Gasteiger partial charge in [-0.05, 0) is 12.8 Å². The average molecular weight is 231 g/mol. The van der Waals surface area contributed by atoms with Crippen molar-refractivity contribution >= 4 is 11.9 Å². The molecule has 0 radical (unpaired) electrons. The molecule has 0 aromatic rings. The molecule has 0 saturated heterocycles. The number of carboxylic acid groups (broad SMARTS) is 2. The summed E-state index contributed by atoms with van der Waals surface area (Å²) in [5.41, 5.74) is 0. The summed E-state index contributed by atoms with van der Waals surface area (Å²) in [5.74, 6) is -1.95. The van der Waals surface area contributed by atoms with E-state index in [9.17, 15) is 9.59 Å². The summed E-state index contributed by atoms with van der Waals surface area (Å²) in [4.78, 5) is 22.9. The van der Waals surface area contributed by atoms with E-state index < -0.39 is 11.9 Å².